The van der Waals surface area contributed by atoms with Crippen LogP contribution in [0.3, 0.4) is 0 Å². The molecule has 0 saturated heterocycles. The highest BCUT2D eigenvalue weighted by atomic mass is 19.1. The van der Waals surface area contributed by atoms with Crippen molar-refractivity contribution >= 4 is 17.4 Å². The summed E-state index contributed by atoms with van der Waals surface area (Å²) in [6.07, 6.45) is 0. The number of rotatable bonds is 3. The van der Waals surface area contributed by atoms with E-state index in [1.807, 2.05) is 19.1 Å². The number of carbonyl (C=O) groups excluding carboxylic acids is 1. The van der Waals surface area contributed by atoms with Crippen molar-refractivity contribution in [2.75, 3.05) is 10.6 Å². The Balaban J connectivity index is 2.13. The van der Waals surface area contributed by atoms with E-state index in [0.29, 0.717) is 12.2 Å². The number of carbonyl (C=O) groups is 1. The van der Waals surface area contributed by atoms with E-state index in [-0.39, 0.29) is 5.69 Å². The molecule has 0 aliphatic carbocycles. The highest BCUT2D eigenvalue weighted by Crippen LogP contribution is 2.19. The van der Waals surface area contributed by atoms with Crippen molar-refractivity contribution in [1.82, 2.24) is 0 Å². The van der Waals surface area contributed by atoms with Gasteiger partial charge in [0.05, 0.1) is 5.69 Å². The first-order valence-electron chi connectivity index (χ1n) is 6.23. The molecule has 2 amide bonds. The molecule has 0 aliphatic rings. The van der Waals surface area contributed by atoms with Crippen LogP contribution in [0.4, 0.5) is 20.6 Å². The van der Waals surface area contributed by atoms with Crippen molar-refractivity contribution < 1.29 is 9.18 Å². The minimum Gasteiger partial charge on any atom is -0.326 e. The molecule has 0 bridgehead atoms. The molecular weight excluding hydrogens is 257 g/mol. The number of anilines is 2. The summed E-state index contributed by atoms with van der Waals surface area (Å²) >= 11 is 0. The van der Waals surface area contributed by atoms with Crippen LogP contribution in [-0.4, -0.2) is 6.03 Å². The van der Waals surface area contributed by atoms with Gasteiger partial charge in [-0.3, -0.25) is 0 Å². The summed E-state index contributed by atoms with van der Waals surface area (Å²) in [4.78, 5) is 11.9. The van der Waals surface area contributed by atoms with Gasteiger partial charge in [-0.2, -0.15) is 0 Å². The zero-order valence-electron chi connectivity index (χ0n) is 11.1. The fraction of sp³-hybridized carbons (Fsp3) is 0.133. The number of hydrogen-bond donors (Lipinski definition) is 3. The summed E-state index contributed by atoms with van der Waals surface area (Å²) in [7, 11) is 0. The summed E-state index contributed by atoms with van der Waals surface area (Å²) in [6, 6.07) is 11.0. The van der Waals surface area contributed by atoms with E-state index < -0.39 is 11.8 Å². The molecule has 0 heterocycles. The van der Waals surface area contributed by atoms with Gasteiger partial charge in [0.15, 0.2) is 0 Å². The standard InChI is InChI=1S/C15H16FN3O/c1-10-5-4-8-13(11(10)9-17)18-15(20)19-14-7-3-2-6-12(14)16/h2-8H,9,17H2,1H3,(H2,18,19,20). The summed E-state index contributed by atoms with van der Waals surface area (Å²) in [5, 5.41) is 5.14. The van der Waals surface area contributed by atoms with Crippen molar-refractivity contribution in [1.29, 1.82) is 0 Å². The number of nitrogens with one attached hydrogen (secondary N) is 2. The van der Waals surface area contributed by atoms with Gasteiger partial charge in [0.2, 0.25) is 0 Å². The topological polar surface area (TPSA) is 67.2 Å². The lowest BCUT2D eigenvalue weighted by Gasteiger charge is -2.13. The van der Waals surface area contributed by atoms with Gasteiger partial charge in [-0.05, 0) is 36.2 Å². The number of amides is 2. The van der Waals surface area contributed by atoms with E-state index in [1.165, 1.54) is 12.1 Å². The van der Waals surface area contributed by atoms with E-state index in [2.05, 4.69) is 10.6 Å². The van der Waals surface area contributed by atoms with Gasteiger partial charge in [0.25, 0.3) is 0 Å². The SMILES string of the molecule is Cc1cccc(NC(=O)Nc2ccccc2F)c1CN. The number of hydrogen-bond acceptors (Lipinski definition) is 2. The van der Waals surface area contributed by atoms with E-state index >= 15 is 0 Å². The van der Waals surface area contributed by atoms with Gasteiger partial charge in [-0.1, -0.05) is 24.3 Å². The Hall–Kier alpha value is -2.40. The third-order valence-electron chi connectivity index (χ3n) is 2.98. The molecule has 0 spiro atoms. The first-order valence-corrected chi connectivity index (χ1v) is 6.23. The lowest BCUT2D eigenvalue weighted by Crippen LogP contribution is -2.21. The predicted octanol–water partition coefficient (Wildman–Crippen LogP) is 3.24. The molecule has 0 aliphatic heterocycles. The second kappa shape index (κ2) is 6.16. The maximum Gasteiger partial charge on any atom is 0.323 e. The number of benzene rings is 2. The van der Waals surface area contributed by atoms with Crippen LogP contribution in [0.5, 0.6) is 0 Å². The van der Waals surface area contributed by atoms with Crippen LogP contribution in [0.25, 0.3) is 0 Å². The Kier molecular flexibility index (Phi) is 4.32. The molecule has 2 rings (SSSR count). The Morgan fingerprint density at radius 1 is 1.10 bits per heavy atom. The van der Waals surface area contributed by atoms with Crippen LogP contribution in [0.15, 0.2) is 42.5 Å². The molecule has 0 aromatic heterocycles. The van der Waals surface area contributed by atoms with Crippen molar-refractivity contribution in [2.45, 2.75) is 13.5 Å². The molecule has 0 unspecified atom stereocenters. The zero-order chi connectivity index (χ0) is 14.5. The lowest BCUT2D eigenvalue weighted by atomic mass is 10.1. The van der Waals surface area contributed by atoms with Crippen molar-refractivity contribution in [3.8, 4) is 0 Å². The molecule has 0 radical (unpaired) electrons. The minimum atomic E-state index is -0.504. The zero-order valence-corrected chi connectivity index (χ0v) is 11.1. The van der Waals surface area contributed by atoms with Crippen molar-refractivity contribution in [3.05, 3.63) is 59.4 Å². The summed E-state index contributed by atoms with van der Waals surface area (Å²) in [5.41, 5.74) is 8.28. The molecule has 104 valence electrons. The third-order valence-corrected chi connectivity index (χ3v) is 2.98. The number of halogens is 1. The number of urea groups is 1. The van der Waals surface area contributed by atoms with Crippen LogP contribution >= 0.6 is 0 Å². The number of aryl methyl sites for hydroxylation is 1. The van der Waals surface area contributed by atoms with Crippen molar-refractivity contribution in [3.63, 3.8) is 0 Å². The maximum absolute atomic E-state index is 13.4. The Bertz CT molecular complexity index is 628. The molecule has 20 heavy (non-hydrogen) atoms. The first-order chi connectivity index (χ1) is 9.61. The predicted molar refractivity (Wildman–Crippen MR) is 78.1 cm³/mol. The second-order valence-corrected chi connectivity index (χ2v) is 4.36. The van der Waals surface area contributed by atoms with Crippen LogP contribution < -0.4 is 16.4 Å². The molecule has 0 atom stereocenters. The Morgan fingerprint density at radius 2 is 1.75 bits per heavy atom. The molecule has 2 aromatic rings. The van der Waals surface area contributed by atoms with Gasteiger partial charge in [0.1, 0.15) is 5.82 Å². The van der Waals surface area contributed by atoms with Crippen LogP contribution in [0, 0.1) is 12.7 Å². The molecule has 4 N–H and O–H groups in total. The fourth-order valence-electron chi connectivity index (χ4n) is 1.93. The molecule has 4 nitrogen and oxygen atoms in total. The monoisotopic (exact) mass is 273 g/mol. The maximum atomic E-state index is 13.4. The van der Waals surface area contributed by atoms with E-state index in [0.717, 1.165) is 11.1 Å². The molecule has 5 heteroatoms. The quantitative estimate of drug-likeness (QED) is 0.803. The summed E-state index contributed by atoms with van der Waals surface area (Å²) < 4.78 is 13.4. The lowest BCUT2D eigenvalue weighted by molar-refractivity contribution is 0.262. The molecule has 0 saturated carbocycles. The highest BCUT2D eigenvalue weighted by Gasteiger charge is 2.09. The van der Waals surface area contributed by atoms with Crippen molar-refractivity contribution in [2.24, 2.45) is 5.73 Å². The van der Waals surface area contributed by atoms with Gasteiger partial charge in [-0.15, -0.1) is 0 Å². The Morgan fingerprint density at radius 3 is 2.45 bits per heavy atom. The summed E-state index contributed by atoms with van der Waals surface area (Å²) in [5.74, 6) is -0.481. The van der Waals surface area contributed by atoms with Crippen LogP contribution in [0.2, 0.25) is 0 Å². The van der Waals surface area contributed by atoms with Gasteiger partial charge in [0, 0.05) is 12.2 Å². The van der Waals surface area contributed by atoms with Crippen LogP contribution in [-0.2, 0) is 6.54 Å². The highest BCUT2D eigenvalue weighted by molar-refractivity contribution is 6.00. The van der Waals surface area contributed by atoms with E-state index in [4.69, 9.17) is 5.73 Å². The largest absolute Gasteiger partial charge is 0.326 e. The molecular formula is C15H16FN3O. The molecule has 2 aromatic carbocycles. The Labute approximate surface area is 116 Å². The minimum absolute atomic E-state index is 0.131. The van der Waals surface area contributed by atoms with Gasteiger partial charge in [-0.25, -0.2) is 9.18 Å². The number of nitrogens with two attached hydrogens (primary N) is 1. The molecule has 0 fully saturated rings. The number of para-hydroxylation sites is 1. The average Bonchev–Trinajstić information content (AvgIpc) is 2.42. The first kappa shape index (κ1) is 14.0. The van der Waals surface area contributed by atoms with E-state index in [9.17, 15) is 9.18 Å². The van der Waals surface area contributed by atoms with E-state index in [1.54, 1.807) is 18.2 Å². The van der Waals surface area contributed by atoms with Gasteiger partial charge < -0.3 is 16.4 Å². The third kappa shape index (κ3) is 3.13. The average molecular weight is 273 g/mol. The van der Waals surface area contributed by atoms with Gasteiger partial charge >= 0.3 is 6.03 Å². The second-order valence-electron chi connectivity index (χ2n) is 4.36. The van der Waals surface area contributed by atoms with Crippen LogP contribution in [0.1, 0.15) is 11.1 Å². The normalized spacial score (nSPS) is 10.2. The fourth-order valence-corrected chi connectivity index (χ4v) is 1.93. The summed E-state index contributed by atoms with van der Waals surface area (Å²) in [6.45, 7) is 2.24. The smallest absolute Gasteiger partial charge is 0.323 e.